The molecule has 3 rings (SSSR count). The van der Waals surface area contributed by atoms with Crippen molar-refractivity contribution in [2.24, 2.45) is 0 Å². The lowest BCUT2D eigenvalue weighted by atomic mass is 10.1. The molecule has 1 amide bonds. The number of hydrogen-bond donors (Lipinski definition) is 1. The zero-order valence-electron chi connectivity index (χ0n) is 14.4. The Morgan fingerprint density at radius 2 is 1.80 bits per heavy atom. The minimum atomic E-state index is -0.0560. The first kappa shape index (κ1) is 17.1. The average Bonchev–Trinajstić information content (AvgIpc) is 2.91. The number of hydrogen-bond acceptors (Lipinski definition) is 5. The second-order valence-corrected chi connectivity index (χ2v) is 6.26. The molecule has 1 N–H and O–H groups in total. The Bertz CT molecular complexity index is 750. The summed E-state index contributed by atoms with van der Waals surface area (Å²) in [5, 5.41) is 3.10. The van der Waals surface area contributed by atoms with E-state index in [9.17, 15) is 9.59 Å². The molecule has 2 aromatic rings. The van der Waals surface area contributed by atoms with Gasteiger partial charge in [-0.25, -0.2) is 9.97 Å². The molecular weight excluding hydrogens is 316 g/mol. The van der Waals surface area contributed by atoms with Crippen molar-refractivity contribution in [3.05, 3.63) is 47.9 Å². The zero-order chi connectivity index (χ0) is 17.6. The Hall–Kier alpha value is -2.76. The molecule has 1 aliphatic heterocycles. The first-order chi connectivity index (χ1) is 12.1. The molecule has 1 aromatic heterocycles. The number of likely N-dealkylation sites (tertiary alicyclic amines) is 1. The van der Waals surface area contributed by atoms with Gasteiger partial charge in [-0.3, -0.25) is 9.59 Å². The van der Waals surface area contributed by atoms with E-state index in [1.165, 1.54) is 26.0 Å². The van der Waals surface area contributed by atoms with E-state index < -0.39 is 0 Å². The number of amides is 1. The maximum Gasteiger partial charge on any atom is 0.274 e. The SMILES string of the molecule is CC(=O)c1cccc(Nc2cnc(C(=O)N3CCCCCC3)cn2)c1. The highest BCUT2D eigenvalue weighted by atomic mass is 16.2. The number of nitrogens with zero attached hydrogens (tertiary/aromatic N) is 3. The van der Waals surface area contributed by atoms with Gasteiger partial charge < -0.3 is 10.2 Å². The van der Waals surface area contributed by atoms with E-state index in [1.807, 2.05) is 17.0 Å². The van der Waals surface area contributed by atoms with Gasteiger partial charge in [-0.15, -0.1) is 0 Å². The van der Waals surface area contributed by atoms with Crippen LogP contribution >= 0.6 is 0 Å². The molecule has 0 aliphatic carbocycles. The first-order valence-electron chi connectivity index (χ1n) is 8.63. The number of carbonyl (C=O) groups is 2. The lowest BCUT2D eigenvalue weighted by Gasteiger charge is -2.19. The van der Waals surface area contributed by atoms with Crippen LogP contribution in [0, 0.1) is 0 Å². The van der Waals surface area contributed by atoms with E-state index >= 15 is 0 Å². The third-order valence-electron chi connectivity index (χ3n) is 4.31. The molecule has 6 heteroatoms. The Kier molecular flexibility index (Phi) is 5.38. The minimum absolute atomic E-state index is 0.00753. The molecule has 0 spiro atoms. The van der Waals surface area contributed by atoms with Gasteiger partial charge in [0.1, 0.15) is 11.5 Å². The summed E-state index contributed by atoms with van der Waals surface area (Å²) in [6.07, 6.45) is 7.50. The molecule has 1 aromatic carbocycles. The number of rotatable bonds is 4. The predicted molar refractivity (Wildman–Crippen MR) is 96.1 cm³/mol. The summed E-state index contributed by atoms with van der Waals surface area (Å²) in [5.74, 6) is 0.487. The van der Waals surface area contributed by atoms with Crippen LogP contribution in [0.15, 0.2) is 36.7 Å². The van der Waals surface area contributed by atoms with Gasteiger partial charge in [0, 0.05) is 24.3 Å². The number of Topliss-reactive ketones (excluding diaryl/α,β-unsaturated/α-hetero) is 1. The fourth-order valence-corrected chi connectivity index (χ4v) is 2.90. The molecule has 130 valence electrons. The molecule has 0 unspecified atom stereocenters. The molecule has 0 saturated carbocycles. The highest BCUT2D eigenvalue weighted by Gasteiger charge is 2.18. The second-order valence-electron chi connectivity index (χ2n) is 6.26. The highest BCUT2D eigenvalue weighted by molar-refractivity contribution is 5.95. The summed E-state index contributed by atoms with van der Waals surface area (Å²) in [5.41, 5.74) is 1.75. The van der Waals surface area contributed by atoms with E-state index in [-0.39, 0.29) is 11.7 Å². The van der Waals surface area contributed by atoms with Gasteiger partial charge in [-0.2, -0.15) is 0 Å². The third-order valence-corrected chi connectivity index (χ3v) is 4.31. The number of ketones is 1. The summed E-state index contributed by atoms with van der Waals surface area (Å²) in [4.78, 5) is 34.4. The monoisotopic (exact) mass is 338 g/mol. The molecule has 1 saturated heterocycles. The van der Waals surface area contributed by atoms with Crippen LogP contribution in [-0.4, -0.2) is 39.6 Å². The minimum Gasteiger partial charge on any atom is -0.339 e. The molecule has 1 aliphatic rings. The van der Waals surface area contributed by atoms with Gasteiger partial charge >= 0.3 is 0 Å². The van der Waals surface area contributed by atoms with Crippen LogP contribution in [0.3, 0.4) is 0 Å². The van der Waals surface area contributed by atoms with Crippen molar-refractivity contribution < 1.29 is 9.59 Å². The molecule has 1 fully saturated rings. The van der Waals surface area contributed by atoms with Crippen LogP contribution in [-0.2, 0) is 0 Å². The molecule has 2 heterocycles. The Morgan fingerprint density at radius 3 is 2.44 bits per heavy atom. The van der Waals surface area contributed by atoms with Gasteiger partial charge in [0.25, 0.3) is 5.91 Å². The number of nitrogens with one attached hydrogen (secondary N) is 1. The molecule has 0 radical (unpaired) electrons. The Balaban J connectivity index is 1.68. The van der Waals surface area contributed by atoms with E-state index in [4.69, 9.17) is 0 Å². The fourth-order valence-electron chi connectivity index (χ4n) is 2.90. The second kappa shape index (κ2) is 7.88. The van der Waals surface area contributed by atoms with E-state index in [2.05, 4.69) is 15.3 Å². The van der Waals surface area contributed by atoms with Crippen molar-refractivity contribution in [2.75, 3.05) is 18.4 Å². The van der Waals surface area contributed by atoms with Gasteiger partial charge in [-0.1, -0.05) is 25.0 Å². The smallest absolute Gasteiger partial charge is 0.274 e. The van der Waals surface area contributed by atoms with Crippen LogP contribution in [0.4, 0.5) is 11.5 Å². The highest BCUT2D eigenvalue weighted by Crippen LogP contribution is 2.17. The maximum absolute atomic E-state index is 12.5. The lowest BCUT2D eigenvalue weighted by Crippen LogP contribution is -2.32. The van der Waals surface area contributed by atoms with Crippen molar-refractivity contribution in [1.82, 2.24) is 14.9 Å². The number of benzene rings is 1. The number of anilines is 2. The topological polar surface area (TPSA) is 75.2 Å². The Morgan fingerprint density at radius 1 is 1.04 bits per heavy atom. The van der Waals surface area contributed by atoms with E-state index in [1.54, 1.807) is 18.3 Å². The maximum atomic E-state index is 12.5. The third kappa shape index (κ3) is 4.41. The Labute approximate surface area is 147 Å². The quantitative estimate of drug-likeness (QED) is 0.864. The largest absolute Gasteiger partial charge is 0.339 e. The molecule has 0 atom stereocenters. The fraction of sp³-hybridized carbons (Fsp3) is 0.368. The standard InChI is InChI=1S/C19H22N4O2/c1-14(24)15-7-6-8-16(11-15)22-18-13-20-17(12-21-18)19(25)23-9-4-2-3-5-10-23/h6-8,11-13H,2-5,9-10H2,1H3,(H,21,22). The summed E-state index contributed by atoms with van der Waals surface area (Å²) in [6, 6.07) is 7.19. The molecule has 25 heavy (non-hydrogen) atoms. The van der Waals surface area contributed by atoms with Crippen LogP contribution in [0.25, 0.3) is 0 Å². The van der Waals surface area contributed by atoms with Crippen molar-refractivity contribution in [3.8, 4) is 0 Å². The molecular formula is C19H22N4O2. The van der Waals surface area contributed by atoms with Gasteiger partial charge in [0.15, 0.2) is 5.78 Å². The predicted octanol–water partition coefficient (Wildman–Crippen LogP) is 3.44. The van der Waals surface area contributed by atoms with Crippen LogP contribution in [0.2, 0.25) is 0 Å². The van der Waals surface area contributed by atoms with Crippen LogP contribution in [0.1, 0.15) is 53.5 Å². The molecule has 6 nitrogen and oxygen atoms in total. The van der Waals surface area contributed by atoms with Gasteiger partial charge in [0.05, 0.1) is 12.4 Å². The molecule has 0 bridgehead atoms. The van der Waals surface area contributed by atoms with Crippen molar-refractivity contribution >= 4 is 23.2 Å². The number of aromatic nitrogens is 2. The first-order valence-corrected chi connectivity index (χ1v) is 8.63. The van der Waals surface area contributed by atoms with E-state index in [0.29, 0.717) is 17.1 Å². The van der Waals surface area contributed by atoms with Gasteiger partial charge in [-0.05, 0) is 31.9 Å². The summed E-state index contributed by atoms with van der Waals surface area (Å²) in [6.45, 7) is 3.11. The number of carbonyl (C=O) groups excluding carboxylic acids is 2. The van der Waals surface area contributed by atoms with Crippen molar-refractivity contribution in [1.29, 1.82) is 0 Å². The zero-order valence-corrected chi connectivity index (χ0v) is 14.4. The average molecular weight is 338 g/mol. The van der Waals surface area contributed by atoms with Crippen molar-refractivity contribution in [2.45, 2.75) is 32.6 Å². The lowest BCUT2D eigenvalue weighted by molar-refractivity contribution is 0.0755. The van der Waals surface area contributed by atoms with Crippen LogP contribution < -0.4 is 5.32 Å². The summed E-state index contributed by atoms with van der Waals surface area (Å²) < 4.78 is 0. The van der Waals surface area contributed by atoms with E-state index in [0.717, 1.165) is 31.6 Å². The summed E-state index contributed by atoms with van der Waals surface area (Å²) >= 11 is 0. The van der Waals surface area contributed by atoms with Crippen molar-refractivity contribution in [3.63, 3.8) is 0 Å². The summed E-state index contributed by atoms with van der Waals surface area (Å²) in [7, 11) is 0. The van der Waals surface area contributed by atoms with Gasteiger partial charge in [0.2, 0.25) is 0 Å². The normalized spacial score (nSPS) is 14.7. The van der Waals surface area contributed by atoms with Crippen LogP contribution in [0.5, 0.6) is 0 Å².